The molecule has 6 nitrogen and oxygen atoms in total. The van der Waals surface area contributed by atoms with E-state index >= 15 is 0 Å². The summed E-state index contributed by atoms with van der Waals surface area (Å²) >= 11 is 0. The number of rotatable bonds is 4. The topological polar surface area (TPSA) is 86.9 Å². The van der Waals surface area contributed by atoms with Crippen LogP contribution in [0.25, 0.3) is 10.9 Å². The van der Waals surface area contributed by atoms with Crippen LogP contribution in [-0.2, 0) is 4.79 Å². The Kier molecular flexibility index (Phi) is 4.05. The lowest BCUT2D eigenvalue weighted by Gasteiger charge is -2.14. The lowest BCUT2D eigenvalue weighted by atomic mass is 10.2. The standard InChI is InChI=1S/C17H16N4O2/c1-11(19-17(23)12-6-3-2-4-7-12)16(22)20-14-8-5-9-15-13(14)10-18-21-15/h2-11H,1H3,(H,18,21)(H,19,23)(H,20,22). The maximum Gasteiger partial charge on any atom is 0.251 e. The third-order valence-corrected chi connectivity index (χ3v) is 3.52. The lowest BCUT2D eigenvalue weighted by Crippen LogP contribution is -2.41. The van der Waals surface area contributed by atoms with Gasteiger partial charge in [-0.15, -0.1) is 0 Å². The minimum atomic E-state index is -0.662. The second kappa shape index (κ2) is 6.31. The number of aromatic amines is 1. The first kappa shape index (κ1) is 14.8. The third-order valence-electron chi connectivity index (χ3n) is 3.52. The molecule has 0 radical (unpaired) electrons. The summed E-state index contributed by atoms with van der Waals surface area (Å²) in [6.45, 7) is 1.64. The minimum absolute atomic E-state index is 0.283. The molecular formula is C17H16N4O2. The Morgan fingerprint density at radius 1 is 1.09 bits per heavy atom. The molecule has 0 saturated carbocycles. The van der Waals surface area contributed by atoms with Gasteiger partial charge in [-0.2, -0.15) is 5.10 Å². The van der Waals surface area contributed by atoms with Crippen LogP contribution in [0.3, 0.4) is 0 Å². The number of carbonyl (C=O) groups is 2. The van der Waals surface area contributed by atoms with Crippen molar-refractivity contribution >= 4 is 28.4 Å². The molecule has 0 aliphatic carbocycles. The summed E-state index contributed by atoms with van der Waals surface area (Å²) in [5.41, 5.74) is 2.01. The van der Waals surface area contributed by atoms with Gasteiger partial charge in [0, 0.05) is 10.9 Å². The summed E-state index contributed by atoms with van der Waals surface area (Å²) in [5, 5.41) is 13.1. The summed E-state index contributed by atoms with van der Waals surface area (Å²) in [6.07, 6.45) is 1.65. The Balaban J connectivity index is 1.68. The zero-order chi connectivity index (χ0) is 16.2. The van der Waals surface area contributed by atoms with Gasteiger partial charge in [0.05, 0.1) is 17.4 Å². The number of fused-ring (bicyclic) bond motifs is 1. The molecular weight excluding hydrogens is 292 g/mol. The molecule has 1 heterocycles. The number of benzene rings is 2. The Bertz CT molecular complexity index is 842. The average Bonchev–Trinajstić information content (AvgIpc) is 3.05. The Labute approximate surface area is 132 Å². The molecule has 0 bridgehead atoms. The first-order valence-corrected chi connectivity index (χ1v) is 7.24. The quantitative estimate of drug-likeness (QED) is 0.691. The fourth-order valence-electron chi connectivity index (χ4n) is 2.25. The van der Waals surface area contributed by atoms with Crippen molar-refractivity contribution in [3.8, 4) is 0 Å². The van der Waals surface area contributed by atoms with Crippen molar-refractivity contribution in [3.05, 3.63) is 60.3 Å². The molecule has 0 saturated heterocycles. The van der Waals surface area contributed by atoms with Crippen molar-refractivity contribution in [2.45, 2.75) is 13.0 Å². The van der Waals surface area contributed by atoms with E-state index in [1.54, 1.807) is 43.5 Å². The van der Waals surface area contributed by atoms with Crippen molar-refractivity contribution < 1.29 is 9.59 Å². The van der Waals surface area contributed by atoms with E-state index in [0.717, 1.165) is 10.9 Å². The molecule has 1 aromatic heterocycles. The van der Waals surface area contributed by atoms with Gasteiger partial charge in [-0.3, -0.25) is 14.7 Å². The zero-order valence-corrected chi connectivity index (χ0v) is 12.5. The monoisotopic (exact) mass is 308 g/mol. The predicted molar refractivity (Wildman–Crippen MR) is 88.1 cm³/mol. The highest BCUT2D eigenvalue weighted by atomic mass is 16.2. The molecule has 3 rings (SSSR count). The Morgan fingerprint density at radius 3 is 2.65 bits per heavy atom. The van der Waals surface area contributed by atoms with Gasteiger partial charge in [0.15, 0.2) is 0 Å². The van der Waals surface area contributed by atoms with Crippen LogP contribution in [0.4, 0.5) is 5.69 Å². The fourth-order valence-corrected chi connectivity index (χ4v) is 2.25. The van der Waals surface area contributed by atoms with E-state index in [4.69, 9.17) is 0 Å². The van der Waals surface area contributed by atoms with Crippen molar-refractivity contribution in [1.29, 1.82) is 0 Å². The van der Waals surface area contributed by atoms with Crippen LogP contribution in [0, 0.1) is 0 Å². The molecule has 0 aliphatic rings. The van der Waals surface area contributed by atoms with Crippen LogP contribution >= 0.6 is 0 Å². The molecule has 0 fully saturated rings. The maximum atomic E-state index is 12.3. The van der Waals surface area contributed by atoms with Crippen molar-refractivity contribution in [2.75, 3.05) is 5.32 Å². The number of carbonyl (C=O) groups excluding carboxylic acids is 2. The highest BCUT2D eigenvalue weighted by Gasteiger charge is 2.17. The van der Waals surface area contributed by atoms with Gasteiger partial charge in [0.1, 0.15) is 6.04 Å². The summed E-state index contributed by atoms with van der Waals surface area (Å²) in [5.74, 6) is -0.572. The lowest BCUT2D eigenvalue weighted by molar-refractivity contribution is -0.117. The summed E-state index contributed by atoms with van der Waals surface area (Å²) in [4.78, 5) is 24.4. The van der Waals surface area contributed by atoms with Gasteiger partial charge >= 0.3 is 0 Å². The van der Waals surface area contributed by atoms with Gasteiger partial charge in [0.2, 0.25) is 5.91 Å². The third kappa shape index (κ3) is 3.21. The molecule has 1 unspecified atom stereocenters. The van der Waals surface area contributed by atoms with Crippen molar-refractivity contribution in [1.82, 2.24) is 15.5 Å². The Hall–Kier alpha value is -3.15. The number of hydrogen-bond donors (Lipinski definition) is 3. The summed E-state index contributed by atoms with van der Waals surface area (Å²) < 4.78 is 0. The van der Waals surface area contributed by atoms with E-state index in [1.165, 1.54) is 0 Å². The van der Waals surface area contributed by atoms with E-state index in [1.807, 2.05) is 18.2 Å². The number of H-pyrrole nitrogens is 1. The van der Waals surface area contributed by atoms with Crippen LogP contribution in [0.5, 0.6) is 0 Å². The number of aromatic nitrogens is 2. The molecule has 0 aliphatic heterocycles. The maximum absolute atomic E-state index is 12.3. The second-order valence-electron chi connectivity index (χ2n) is 5.19. The molecule has 0 spiro atoms. The highest BCUT2D eigenvalue weighted by molar-refractivity contribution is 6.05. The van der Waals surface area contributed by atoms with Gasteiger partial charge < -0.3 is 10.6 Å². The van der Waals surface area contributed by atoms with Gasteiger partial charge in [-0.05, 0) is 31.2 Å². The van der Waals surface area contributed by atoms with Crippen LogP contribution in [0.2, 0.25) is 0 Å². The SMILES string of the molecule is CC(NC(=O)c1ccccc1)C(=O)Nc1cccc2[nH]ncc12. The van der Waals surface area contributed by atoms with Gasteiger partial charge in [0.25, 0.3) is 5.91 Å². The number of nitrogens with one attached hydrogen (secondary N) is 3. The van der Waals surface area contributed by atoms with Gasteiger partial charge in [-0.25, -0.2) is 0 Å². The average molecular weight is 308 g/mol. The number of hydrogen-bond acceptors (Lipinski definition) is 3. The Morgan fingerprint density at radius 2 is 1.87 bits per heavy atom. The molecule has 2 aromatic carbocycles. The number of anilines is 1. The van der Waals surface area contributed by atoms with Gasteiger partial charge in [-0.1, -0.05) is 24.3 Å². The first-order chi connectivity index (χ1) is 11.1. The molecule has 3 aromatic rings. The molecule has 116 valence electrons. The molecule has 6 heteroatoms. The van der Waals surface area contributed by atoms with Crippen molar-refractivity contribution in [3.63, 3.8) is 0 Å². The smallest absolute Gasteiger partial charge is 0.251 e. The summed E-state index contributed by atoms with van der Waals surface area (Å²) in [7, 11) is 0. The predicted octanol–water partition coefficient (Wildman–Crippen LogP) is 2.32. The van der Waals surface area contributed by atoms with Crippen LogP contribution in [0.1, 0.15) is 17.3 Å². The van der Waals surface area contributed by atoms with E-state index in [0.29, 0.717) is 11.3 Å². The van der Waals surface area contributed by atoms with E-state index < -0.39 is 6.04 Å². The van der Waals surface area contributed by atoms with E-state index in [-0.39, 0.29) is 11.8 Å². The normalized spacial score (nSPS) is 11.9. The van der Waals surface area contributed by atoms with Crippen LogP contribution in [0.15, 0.2) is 54.7 Å². The highest BCUT2D eigenvalue weighted by Crippen LogP contribution is 2.21. The van der Waals surface area contributed by atoms with Crippen molar-refractivity contribution in [2.24, 2.45) is 0 Å². The number of nitrogens with zero attached hydrogens (tertiary/aromatic N) is 1. The summed E-state index contributed by atoms with van der Waals surface area (Å²) in [6, 6.07) is 13.6. The molecule has 23 heavy (non-hydrogen) atoms. The fraction of sp³-hybridized carbons (Fsp3) is 0.118. The molecule has 2 amide bonds. The second-order valence-corrected chi connectivity index (χ2v) is 5.19. The van der Waals surface area contributed by atoms with Crippen LogP contribution < -0.4 is 10.6 Å². The minimum Gasteiger partial charge on any atom is -0.341 e. The molecule has 3 N–H and O–H groups in total. The largest absolute Gasteiger partial charge is 0.341 e. The van der Waals surface area contributed by atoms with Crippen LogP contribution in [-0.4, -0.2) is 28.1 Å². The van der Waals surface area contributed by atoms with E-state index in [2.05, 4.69) is 20.8 Å². The number of amides is 2. The molecule has 1 atom stereocenters. The first-order valence-electron chi connectivity index (χ1n) is 7.24. The van der Waals surface area contributed by atoms with E-state index in [9.17, 15) is 9.59 Å². The zero-order valence-electron chi connectivity index (χ0n) is 12.5.